The lowest BCUT2D eigenvalue weighted by Gasteiger charge is -2.20. The molecule has 2 N–H and O–H groups in total. The summed E-state index contributed by atoms with van der Waals surface area (Å²) in [5, 5.41) is 11.0. The van der Waals surface area contributed by atoms with Crippen LogP contribution in [0.15, 0.2) is 36.7 Å². The molecule has 1 fully saturated rings. The van der Waals surface area contributed by atoms with Crippen molar-refractivity contribution in [2.75, 3.05) is 13.6 Å². The highest BCUT2D eigenvalue weighted by Gasteiger charge is 2.44. The van der Waals surface area contributed by atoms with Crippen LogP contribution in [-0.4, -0.2) is 29.3 Å². The Balaban J connectivity index is 0.00000208. The number of likely N-dealkylation sites (N-methyl/N-ethyl adjacent to an activating group) is 1. The first-order chi connectivity index (χ1) is 11.0. The Hall–Kier alpha value is -1.56. The van der Waals surface area contributed by atoms with Crippen LogP contribution in [0, 0.1) is 0 Å². The summed E-state index contributed by atoms with van der Waals surface area (Å²) in [6, 6.07) is 7.54. The zero-order valence-electron chi connectivity index (χ0n) is 13.8. The molecule has 130 valence electrons. The Morgan fingerprint density at radius 1 is 1.38 bits per heavy atom. The van der Waals surface area contributed by atoms with E-state index in [2.05, 4.69) is 27.9 Å². The molecular weight excluding hydrogens is 347 g/mol. The van der Waals surface area contributed by atoms with Crippen molar-refractivity contribution in [2.45, 2.75) is 24.3 Å². The third kappa shape index (κ3) is 3.91. The largest absolute Gasteiger partial charge is 0.354 e. The SMILES string of the molecule is CNC(C(=O)NCC1(c2ccc(Cl)cc2)CC1)c1cnn(C)c1.Cl. The minimum absolute atomic E-state index is 0. The van der Waals surface area contributed by atoms with Gasteiger partial charge >= 0.3 is 0 Å². The van der Waals surface area contributed by atoms with Crippen LogP contribution < -0.4 is 10.6 Å². The number of hydrogen-bond donors (Lipinski definition) is 2. The Labute approximate surface area is 153 Å². The second-order valence-electron chi connectivity index (χ2n) is 6.17. The summed E-state index contributed by atoms with van der Waals surface area (Å²) in [5.41, 5.74) is 2.17. The van der Waals surface area contributed by atoms with E-state index < -0.39 is 0 Å². The number of carbonyl (C=O) groups excluding carboxylic acids is 1. The van der Waals surface area contributed by atoms with Crippen LogP contribution in [0.25, 0.3) is 0 Å². The topological polar surface area (TPSA) is 59.0 Å². The summed E-state index contributed by atoms with van der Waals surface area (Å²) in [4.78, 5) is 12.5. The summed E-state index contributed by atoms with van der Waals surface area (Å²) < 4.78 is 1.70. The lowest BCUT2D eigenvalue weighted by atomic mass is 9.96. The van der Waals surface area contributed by atoms with Gasteiger partial charge in [0.15, 0.2) is 0 Å². The molecule has 7 heteroatoms. The molecule has 1 atom stereocenters. The highest BCUT2D eigenvalue weighted by molar-refractivity contribution is 6.30. The molecule has 24 heavy (non-hydrogen) atoms. The van der Waals surface area contributed by atoms with E-state index in [9.17, 15) is 4.79 Å². The zero-order chi connectivity index (χ0) is 16.4. The average molecular weight is 369 g/mol. The molecule has 1 aromatic carbocycles. The van der Waals surface area contributed by atoms with Crippen molar-refractivity contribution in [1.82, 2.24) is 20.4 Å². The Bertz CT molecular complexity index is 695. The molecule has 1 aromatic heterocycles. The van der Waals surface area contributed by atoms with E-state index in [-0.39, 0.29) is 29.8 Å². The summed E-state index contributed by atoms with van der Waals surface area (Å²) in [5.74, 6) is -0.0271. The number of amides is 1. The quantitative estimate of drug-likeness (QED) is 0.823. The fourth-order valence-corrected chi connectivity index (χ4v) is 3.04. The Kier molecular flexibility index (Phi) is 5.91. The first-order valence-electron chi connectivity index (χ1n) is 7.74. The van der Waals surface area contributed by atoms with Gasteiger partial charge in [-0.2, -0.15) is 5.10 Å². The minimum atomic E-state index is -0.385. The second kappa shape index (κ2) is 7.55. The lowest BCUT2D eigenvalue weighted by Crippen LogP contribution is -2.39. The smallest absolute Gasteiger partial charge is 0.241 e. The van der Waals surface area contributed by atoms with E-state index in [1.807, 2.05) is 25.4 Å². The third-order valence-corrected chi connectivity index (χ3v) is 4.77. The normalized spacial score (nSPS) is 16.1. The fraction of sp³-hybridized carbons (Fsp3) is 0.412. The first-order valence-corrected chi connectivity index (χ1v) is 8.11. The second-order valence-corrected chi connectivity index (χ2v) is 6.61. The maximum absolute atomic E-state index is 12.5. The summed E-state index contributed by atoms with van der Waals surface area (Å²) >= 11 is 5.95. The van der Waals surface area contributed by atoms with Gasteiger partial charge in [0.1, 0.15) is 6.04 Å². The van der Waals surface area contributed by atoms with Gasteiger partial charge in [0.25, 0.3) is 0 Å². The fourth-order valence-electron chi connectivity index (χ4n) is 2.92. The monoisotopic (exact) mass is 368 g/mol. The van der Waals surface area contributed by atoms with Gasteiger partial charge in [0.05, 0.1) is 6.20 Å². The summed E-state index contributed by atoms with van der Waals surface area (Å²) in [6.45, 7) is 0.645. The number of aromatic nitrogens is 2. The van der Waals surface area contributed by atoms with Crippen molar-refractivity contribution in [3.05, 3.63) is 52.8 Å². The Morgan fingerprint density at radius 2 is 2.04 bits per heavy atom. The molecule has 1 saturated carbocycles. The number of aryl methyl sites for hydroxylation is 1. The molecule has 1 heterocycles. The molecule has 0 bridgehead atoms. The van der Waals surface area contributed by atoms with Crippen molar-refractivity contribution < 1.29 is 4.79 Å². The molecule has 1 amide bonds. The van der Waals surface area contributed by atoms with E-state index in [1.165, 1.54) is 5.56 Å². The van der Waals surface area contributed by atoms with Crippen molar-refractivity contribution in [3.8, 4) is 0 Å². The molecule has 1 aliphatic carbocycles. The van der Waals surface area contributed by atoms with Crippen molar-refractivity contribution >= 4 is 29.9 Å². The van der Waals surface area contributed by atoms with Gasteiger partial charge < -0.3 is 10.6 Å². The molecule has 0 spiro atoms. The van der Waals surface area contributed by atoms with Gasteiger partial charge in [-0.3, -0.25) is 9.48 Å². The van der Waals surface area contributed by atoms with Crippen LogP contribution in [0.2, 0.25) is 5.02 Å². The predicted molar refractivity (Wildman–Crippen MR) is 97.6 cm³/mol. The number of benzene rings is 1. The molecule has 0 aliphatic heterocycles. The molecular formula is C17H22Cl2N4O. The third-order valence-electron chi connectivity index (χ3n) is 4.52. The molecule has 2 aromatic rings. The van der Waals surface area contributed by atoms with Crippen molar-refractivity contribution in [3.63, 3.8) is 0 Å². The number of rotatable bonds is 6. The van der Waals surface area contributed by atoms with Crippen LogP contribution in [-0.2, 0) is 17.3 Å². The van der Waals surface area contributed by atoms with Gasteiger partial charge in [-0.05, 0) is 37.6 Å². The predicted octanol–water partition coefficient (Wildman–Crippen LogP) is 2.60. The van der Waals surface area contributed by atoms with Gasteiger partial charge in [-0.1, -0.05) is 23.7 Å². The molecule has 0 saturated heterocycles. The molecule has 1 aliphatic rings. The van der Waals surface area contributed by atoms with Gasteiger partial charge in [-0.25, -0.2) is 0 Å². The highest BCUT2D eigenvalue weighted by Crippen LogP contribution is 2.47. The van der Waals surface area contributed by atoms with Crippen LogP contribution in [0.4, 0.5) is 0 Å². The van der Waals surface area contributed by atoms with Crippen molar-refractivity contribution in [1.29, 1.82) is 0 Å². The number of nitrogens with zero attached hydrogens (tertiary/aromatic N) is 2. The standard InChI is InChI=1S/C17H21ClN4O.ClH/c1-19-15(12-9-21-22(2)10-12)16(23)20-11-17(7-8-17)13-3-5-14(18)6-4-13;/h3-6,9-10,15,19H,7-8,11H2,1-2H3,(H,20,23);1H. The Morgan fingerprint density at radius 3 is 2.54 bits per heavy atom. The number of hydrogen-bond acceptors (Lipinski definition) is 3. The minimum Gasteiger partial charge on any atom is -0.354 e. The van der Waals surface area contributed by atoms with E-state index in [4.69, 9.17) is 11.6 Å². The zero-order valence-corrected chi connectivity index (χ0v) is 15.3. The number of carbonyl (C=O) groups is 1. The van der Waals surface area contributed by atoms with Crippen molar-refractivity contribution in [2.24, 2.45) is 7.05 Å². The van der Waals surface area contributed by atoms with Crippen LogP contribution in [0.5, 0.6) is 0 Å². The van der Waals surface area contributed by atoms with E-state index in [0.717, 1.165) is 23.4 Å². The van der Waals surface area contributed by atoms with Crippen LogP contribution in [0.1, 0.15) is 30.0 Å². The van der Waals surface area contributed by atoms with Crippen LogP contribution in [0.3, 0.4) is 0 Å². The summed E-state index contributed by atoms with van der Waals surface area (Å²) in [7, 11) is 3.62. The van der Waals surface area contributed by atoms with E-state index in [1.54, 1.807) is 17.9 Å². The summed E-state index contributed by atoms with van der Waals surface area (Å²) in [6.07, 6.45) is 5.75. The van der Waals surface area contributed by atoms with Gasteiger partial charge in [0, 0.05) is 35.8 Å². The van der Waals surface area contributed by atoms with Gasteiger partial charge in [-0.15, -0.1) is 12.4 Å². The maximum Gasteiger partial charge on any atom is 0.241 e. The molecule has 5 nitrogen and oxygen atoms in total. The lowest BCUT2D eigenvalue weighted by molar-refractivity contribution is -0.123. The maximum atomic E-state index is 12.5. The highest BCUT2D eigenvalue weighted by atomic mass is 35.5. The first kappa shape index (κ1) is 18.8. The molecule has 1 unspecified atom stereocenters. The van der Waals surface area contributed by atoms with E-state index >= 15 is 0 Å². The number of halogens is 2. The molecule has 0 radical (unpaired) electrons. The van der Waals surface area contributed by atoms with Gasteiger partial charge in [0.2, 0.25) is 5.91 Å². The van der Waals surface area contributed by atoms with Crippen LogP contribution >= 0.6 is 24.0 Å². The van der Waals surface area contributed by atoms with E-state index in [0.29, 0.717) is 6.54 Å². The molecule has 3 rings (SSSR count). The number of nitrogens with one attached hydrogen (secondary N) is 2. The average Bonchev–Trinajstić information content (AvgIpc) is 3.22.